The third kappa shape index (κ3) is 8.10. The number of hydrogen-bond acceptors (Lipinski definition) is 4. The zero-order chi connectivity index (χ0) is 18.8. The molecule has 0 aliphatic rings. The average molecular weight is 344 g/mol. The lowest BCUT2D eigenvalue weighted by atomic mass is 9.99. The first-order chi connectivity index (χ1) is 11.8. The van der Waals surface area contributed by atoms with Crippen molar-refractivity contribution < 1.29 is 19.8 Å². The van der Waals surface area contributed by atoms with Gasteiger partial charge >= 0.3 is 11.9 Å². The molecule has 2 rings (SSSR count). The maximum absolute atomic E-state index is 9.85. The Bertz CT molecular complexity index is 689. The van der Waals surface area contributed by atoms with Crippen molar-refractivity contribution in [2.24, 2.45) is 11.5 Å². The van der Waals surface area contributed by atoms with Gasteiger partial charge in [0.2, 0.25) is 0 Å². The van der Waals surface area contributed by atoms with Gasteiger partial charge in [-0.3, -0.25) is 9.59 Å². The van der Waals surface area contributed by atoms with Crippen molar-refractivity contribution >= 4 is 11.9 Å². The van der Waals surface area contributed by atoms with Crippen molar-refractivity contribution in [3.05, 3.63) is 71.3 Å². The van der Waals surface area contributed by atoms with Crippen LogP contribution in [0.2, 0.25) is 0 Å². The number of rotatable bonds is 6. The van der Waals surface area contributed by atoms with E-state index in [1.165, 1.54) is 16.7 Å². The van der Waals surface area contributed by atoms with E-state index in [0.717, 1.165) is 6.42 Å². The van der Waals surface area contributed by atoms with Gasteiger partial charge in [-0.25, -0.2) is 0 Å². The number of carbonyl (C=O) groups is 2. The second kappa shape index (κ2) is 10.2. The van der Waals surface area contributed by atoms with Gasteiger partial charge in [-0.05, 0) is 24.5 Å². The largest absolute Gasteiger partial charge is 0.481 e. The Morgan fingerprint density at radius 1 is 1.00 bits per heavy atom. The highest BCUT2D eigenvalue weighted by Gasteiger charge is 2.14. The Kier molecular flexibility index (Phi) is 8.32. The van der Waals surface area contributed by atoms with Gasteiger partial charge in [0.05, 0.1) is 6.42 Å². The number of carboxylic acid groups (broad SMARTS) is 2. The number of carboxylic acids is 2. The van der Waals surface area contributed by atoms with Crippen molar-refractivity contribution in [3.8, 4) is 0 Å². The van der Waals surface area contributed by atoms with E-state index in [2.05, 4.69) is 43.3 Å². The van der Waals surface area contributed by atoms with Gasteiger partial charge in [0.25, 0.3) is 0 Å². The molecule has 6 nitrogen and oxygen atoms in total. The summed E-state index contributed by atoms with van der Waals surface area (Å²) in [5.41, 5.74) is 14.8. The van der Waals surface area contributed by atoms with E-state index in [4.69, 9.17) is 21.7 Å². The smallest absolute Gasteiger partial charge is 0.321 e. The summed E-state index contributed by atoms with van der Waals surface area (Å²) in [7, 11) is 0. The van der Waals surface area contributed by atoms with Gasteiger partial charge in [-0.1, -0.05) is 60.2 Å². The predicted octanol–water partition coefficient (Wildman–Crippen LogP) is 2.11. The summed E-state index contributed by atoms with van der Waals surface area (Å²) in [6.45, 7) is 2.11. The second-order valence-electron chi connectivity index (χ2n) is 5.75. The monoisotopic (exact) mass is 344 g/mol. The molecule has 2 aromatic carbocycles. The molecule has 25 heavy (non-hydrogen) atoms. The topological polar surface area (TPSA) is 127 Å². The van der Waals surface area contributed by atoms with Crippen LogP contribution in [0.15, 0.2) is 54.6 Å². The lowest BCUT2D eigenvalue weighted by molar-refractivity contribution is -0.144. The lowest BCUT2D eigenvalue weighted by Gasteiger charge is -2.12. The van der Waals surface area contributed by atoms with Gasteiger partial charge in [0.15, 0.2) is 0 Å². The zero-order valence-corrected chi connectivity index (χ0v) is 14.1. The normalized spacial score (nSPS) is 12.4. The van der Waals surface area contributed by atoms with Crippen molar-refractivity contribution in [2.75, 3.05) is 0 Å². The van der Waals surface area contributed by atoms with Crippen LogP contribution in [-0.2, 0) is 16.0 Å². The quantitative estimate of drug-likeness (QED) is 0.636. The first-order valence-corrected chi connectivity index (χ1v) is 7.86. The minimum atomic E-state index is -1.29. The molecule has 0 saturated heterocycles. The minimum absolute atomic E-state index is 0.0861. The summed E-state index contributed by atoms with van der Waals surface area (Å²) in [6, 6.07) is 17.6. The molecule has 0 aliphatic carbocycles. The standard InChI is InChI=1S/C15H17N.C4H7NO4/c1-12-6-5-7-13(10-12)11-15(16)14-8-3-2-4-9-14;5-2(4(8)9)1-3(6)7/h2-10,15H,11,16H2,1H3;2H,1,5H2,(H,6,7)(H,8,9)/t;2-/m.0/s1. The third-order valence-corrected chi connectivity index (χ3v) is 3.48. The van der Waals surface area contributed by atoms with E-state index in [-0.39, 0.29) is 6.04 Å². The summed E-state index contributed by atoms with van der Waals surface area (Å²) < 4.78 is 0. The fourth-order valence-corrected chi connectivity index (χ4v) is 2.19. The molecular weight excluding hydrogens is 320 g/mol. The molecule has 0 heterocycles. The maximum Gasteiger partial charge on any atom is 0.321 e. The van der Waals surface area contributed by atoms with Gasteiger partial charge in [0, 0.05) is 6.04 Å². The van der Waals surface area contributed by atoms with Crippen LogP contribution >= 0.6 is 0 Å². The van der Waals surface area contributed by atoms with Crippen LogP contribution in [0, 0.1) is 6.92 Å². The van der Waals surface area contributed by atoms with Crippen LogP contribution < -0.4 is 11.5 Å². The van der Waals surface area contributed by atoms with Crippen LogP contribution in [0.3, 0.4) is 0 Å². The molecule has 6 heteroatoms. The number of aliphatic carboxylic acids is 2. The SMILES string of the molecule is Cc1cccc(CC(N)c2ccccc2)c1.N[C@@H](CC(=O)O)C(=O)O. The minimum Gasteiger partial charge on any atom is -0.481 e. The molecule has 6 N–H and O–H groups in total. The van der Waals surface area contributed by atoms with Crippen molar-refractivity contribution in [3.63, 3.8) is 0 Å². The number of aryl methyl sites for hydroxylation is 1. The Labute approximate surface area is 147 Å². The van der Waals surface area contributed by atoms with E-state index in [9.17, 15) is 9.59 Å². The Hall–Kier alpha value is -2.70. The van der Waals surface area contributed by atoms with Gasteiger partial charge in [-0.2, -0.15) is 0 Å². The van der Waals surface area contributed by atoms with Crippen LogP contribution in [-0.4, -0.2) is 28.2 Å². The van der Waals surface area contributed by atoms with Crippen LogP contribution in [0.4, 0.5) is 0 Å². The first-order valence-electron chi connectivity index (χ1n) is 7.86. The average Bonchev–Trinajstić information content (AvgIpc) is 2.55. The second-order valence-corrected chi connectivity index (χ2v) is 5.75. The fourth-order valence-electron chi connectivity index (χ4n) is 2.19. The summed E-state index contributed by atoms with van der Waals surface area (Å²) in [6.07, 6.45) is 0.362. The molecule has 1 unspecified atom stereocenters. The molecule has 0 fully saturated rings. The summed E-state index contributed by atoms with van der Waals surface area (Å²) in [4.78, 5) is 19.6. The molecule has 0 amide bonds. The third-order valence-electron chi connectivity index (χ3n) is 3.48. The van der Waals surface area contributed by atoms with E-state index >= 15 is 0 Å². The molecule has 0 radical (unpaired) electrons. The van der Waals surface area contributed by atoms with E-state index < -0.39 is 24.4 Å². The van der Waals surface area contributed by atoms with Crippen molar-refractivity contribution in [1.82, 2.24) is 0 Å². The lowest BCUT2D eigenvalue weighted by Crippen LogP contribution is -2.32. The highest BCUT2D eigenvalue weighted by atomic mass is 16.4. The Morgan fingerprint density at radius 3 is 2.12 bits per heavy atom. The Balaban J connectivity index is 0.000000299. The summed E-state index contributed by atoms with van der Waals surface area (Å²) >= 11 is 0. The highest BCUT2D eigenvalue weighted by Crippen LogP contribution is 2.16. The van der Waals surface area contributed by atoms with Crippen molar-refractivity contribution in [2.45, 2.75) is 31.8 Å². The molecule has 0 spiro atoms. The number of nitrogens with two attached hydrogens (primary N) is 2. The molecule has 2 atom stereocenters. The van der Waals surface area contributed by atoms with Gasteiger partial charge < -0.3 is 21.7 Å². The molecule has 134 valence electrons. The zero-order valence-electron chi connectivity index (χ0n) is 14.1. The maximum atomic E-state index is 9.85. The number of hydrogen-bond donors (Lipinski definition) is 4. The molecule has 0 aromatic heterocycles. The Morgan fingerprint density at radius 2 is 1.64 bits per heavy atom. The van der Waals surface area contributed by atoms with Crippen LogP contribution in [0.25, 0.3) is 0 Å². The van der Waals surface area contributed by atoms with Crippen LogP contribution in [0.5, 0.6) is 0 Å². The van der Waals surface area contributed by atoms with E-state index in [1.54, 1.807) is 0 Å². The summed E-state index contributed by atoms with van der Waals surface area (Å²) in [5.74, 6) is -2.50. The van der Waals surface area contributed by atoms with Gasteiger partial charge in [-0.15, -0.1) is 0 Å². The summed E-state index contributed by atoms with van der Waals surface area (Å²) in [5, 5.41) is 16.0. The first kappa shape index (κ1) is 20.3. The van der Waals surface area contributed by atoms with Crippen LogP contribution in [0.1, 0.15) is 29.2 Å². The van der Waals surface area contributed by atoms with E-state index in [0.29, 0.717) is 0 Å². The molecular formula is C19H24N2O4. The molecule has 0 saturated carbocycles. The molecule has 2 aromatic rings. The van der Waals surface area contributed by atoms with Crippen molar-refractivity contribution in [1.29, 1.82) is 0 Å². The van der Waals surface area contributed by atoms with Gasteiger partial charge in [0.1, 0.15) is 6.04 Å². The molecule has 0 aliphatic heterocycles. The molecule has 0 bridgehead atoms. The predicted molar refractivity (Wildman–Crippen MR) is 96.1 cm³/mol. The highest BCUT2D eigenvalue weighted by molar-refractivity contribution is 5.80. The van der Waals surface area contributed by atoms with E-state index in [1.807, 2.05) is 18.2 Å². The number of benzene rings is 2. The fraction of sp³-hybridized carbons (Fsp3) is 0.263.